The van der Waals surface area contributed by atoms with Crippen LogP contribution in [0.15, 0.2) is 102 Å². The van der Waals surface area contributed by atoms with Gasteiger partial charge in [0.1, 0.15) is 11.4 Å². The fraction of sp³-hybridized carbons (Fsp3) is 0.0385. The smallest absolute Gasteiger partial charge is 0.319 e. The van der Waals surface area contributed by atoms with Crippen LogP contribution in [0.5, 0.6) is 0 Å². The molecule has 4 rings (SSSR count). The highest BCUT2D eigenvalue weighted by molar-refractivity contribution is 7.92. The lowest BCUT2D eigenvalue weighted by Crippen LogP contribution is -2.28. The van der Waals surface area contributed by atoms with Crippen LogP contribution in [0.3, 0.4) is 0 Å². The first kappa shape index (κ1) is 24.0. The predicted octanol–water partition coefficient (Wildman–Crippen LogP) is 7.12. The molecule has 1 atom stereocenters. The van der Waals surface area contributed by atoms with Gasteiger partial charge in [-0.1, -0.05) is 65.7 Å². The van der Waals surface area contributed by atoms with E-state index in [-0.39, 0.29) is 12.6 Å². The maximum absolute atomic E-state index is 13.0. The quantitative estimate of drug-likeness (QED) is 0.232. The van der Waals surface area contributed by atoms with Gasteiger partial charge in [-0.05, 0) is 65.7 Å². The minimum Gasteiger partial charge on any atom is -0.588 e. The van der Waals surface area contributed by atoms with Gasteiger partial charge in [0.05, 0.1) is 5.69 Å². The Balaban J connectivity index is 1.35. The molecule has 1 unspecified atom stereocenters. The molecule has 0 aliphatic heterocycles. The molecule has 0 heterocycles. The molecule has 4 aromatic rings. The number of halogens is 2. The van der Waals surface area contributed by atoms with Gasteiger partial charge in [0.2, 0.25) is 0 Å². The van der Waals surface area contributed by atoms with E-state index >= 15 is 0 Å². The number of anilines is 2. The third-order valence-electron chi connectivity index (χ3n) is 4.90. The Labute approximate surface area is 211 Å². The summed E-state index contributed by atoms with van der Waals surface area (Å²) in [7, 11) is 0. The van der Waals surface area contributed by atoms with Crippen LogP contribution in [0, 0.1) is 0 Å². The van der Waals surface area contributed by atoms with E-state index in [9.17, 15) is 9.35 Å². The lowest BCUT2D eigenvalue weighted by Gasteiger charge is -2.15. The van der Waals surface area contributed by atoms with Crippen molar-refractivity contribution in [2.75, 3.05) is 10.0 Å². The van der Waals surface area contributed by atoms with Crippen molar-refractivity contribution < 1.29 is 9.35 Å². The third-order valence-corrected chi connectivity index (χ3v) is 6.51. The second-order valence-corrected chi connectivity index (χ2v) is 9.45. The summed E-state index contributed by atoms with van der Waals surface area (Å²) in [5.41, 5.74) is 3.97. The van der Waals surface area contributed by atoms with E-state index in [0.29, 0.717) is 26.3 Å². The van der Waals surface area contributed by atoms with E-state index in [4.69, 9.17) is 23.2 Å². The molecule has 0 aliphatic rings. The van der Waals surface area contributed by atoms with E-state index in [2.05, 4.69) is 15.4 Å². The van der Waals surface area contributed by atoms with Gasteiger partial charge in [-0.25, -0.2) is 9.52 Å². The molecule has 5 nitrogen and oxygen atoms in total. The Bertz CT molecular complexity index is 1250. The molecule has 4 aromatic carbocycles. The zero-order valence-corrected chi connectivity index (χ0v) is 20.3. The number of hydrogen-bond acceptors (Lipinski definition) is 3. The van der Waals surface area contributed by atoms with Crippen LogP contribution < -0.4 is 15.4 Å². The lowest BCUT2D eigenvalue weighted by molar-refractivity contribution is 0.251. The number of carbonyl (C=O) groups excluding carboxylic acids is 1. The first-order chi connectivity index (χ1) is 16.5. The van der Waals surface area contributed by atoms with Gasteiger partial charge in [0.15, 0.2) is 4.90 Å². The summed E-state index contributed by atoms with van der Waals surface area (Å²) in [5.74, 6) is 0. The van der Waals surface area contributed by atoms with Crippen LogP contribution >= 0.6 is 23.2 Å². The van der Waals surface area contributed by atoms with Crippen LogP contribution in [0.2, 0.25) is 10.0 Å². The van der Waals surface area contributed by atoms with Crippen molar-refractivity contribution in [2.24, 2.45) is 0 Å². The van der Waals surface area contributed by atoms with E-state index in [0.717, 1.165) is 16.7 Å². The lowest BCUT2D eigenvalue weighted by atomic mass is 10.1. The molecule has 3 N–H and O–H groups in total. The molecule has 0 saturated heterocycles. The maximum atomic E-state index is 13.0. The highest BCUT2D eigenvalue weighted by Gasteiger charge is 2.18. The monoisotopic (exact) mass is 509 g/mol. The molecule has 172 valence electrons. The van der Waals surface area contributed by atoms with Crippen molar-refractivity contribution in [3.8, 4) is 11.1 Å². The summed E-state index contributed by atoms with van der Waals surface area (Å²) in [5, 5.41) is 6.55. The third kappa shape index (κ3) is 6.46. The number of urea groups is 1. The molecule has 34 heavy (non-hydrogen) atoms. The molecule has 8 heteroatoms. The fourth-order valence-corrected chi connectivity index (χ4v) is 4.96. The van der Waals surface area contributed by atoms with Gasteiger partial charge in [-0.15, -0.1) is 0 Å². The molecule has 0 saturated carbocycles. The van der Waals surface area contributed by atoms with Crippen molar-refractivity contribution in [3.05, 3.63) is 113 Å². The van der Waals surface area contributed by atoms with E-state index < -0.39 is 11.4 Å². The van der Waals surface area contributed by atoms with Crippen LogP contribution in [0.4, 0.5) is 16.2 Å². The number of amides is 2. The molecular formula is C26H21Cl2N3O2S. The summed E-state index contributed by atoms with van der Waals surface area (Å²) in [6, 6.07) is 29.2. The molecule has 0 aliphatic carbocycles. The second-order valence-electron chi connectivity index (χ2n) is 7.40. The van der Waals surface area contributed by atoms with Crippen molar-refractivity contribution in [3.63, 3.8) is 0 Å². The highest BCUT2D eigenvalue weighted by Crippen LogP contribution is 2.28. The normalized spacial score (nSPS) is 11.5. The number of hydrogen-bond donors (Lipinski definition) is 3. The van der Waals surface area contributed by atoms with Crippen molar-refractivity contribution in [2.45, 2.75) is 11.4 Å². The Kier molecular flexibility index (Phi) is 7.98. The van der Waals surface area contributed by atoms with Crippen LogP contribution in [0.1, 0.15) is 5.56 Å². The van der Waals surface area contributed by atoms with Crippen LogP contribution in [0.25, 0.3) is 11.1 Å². The number of rotatable bonds is 7. The van der Waals surface area contributed by atoms with Gasteiger partial charge >= 0.3 is 6.03 Å². The number of nitrogens with one attached hydrogen (secondary N) is 3. The Morgan fingerprint density at radius 2 is 1.41 bits per heavy atom. The maximum Gasteiger partial charge on any atom is 0.319 e. The Morgan fingerprint density at radius 1 is 0.794 bits per heavy atom. The predicted molar refractivity (Wildman–Crippen MR) is 141 cm³/mol. The number of benzene rings is 4. The van der Waals surface area contributed by atoms with Crippen LogP contribution in [-0.2, 0) is 17.9 Å². The highest BCUT2D eigenvalue weighted by atomic mass is 35.5. The van der Waals surface area contributed by atoms with Crippen molar-refractivity contribution in [1.29, 1.82) is 0 Å². The minimum atomic E-state index is -1.46. The molecule has 2 amide bonds. The topological polar surface area (TPSA) is 76.2 Å². The van der Waals surface area contributed by atoms with Gasteiger partial charge in [-0.3, -0.25) is 0 Å². The summed E-state index contributed by atoms with van der Waals surface area (Å²) in [6.07, 6.45) is 0. The average Bonchev–Trinajstić information content (AvgIpc) is 2.84. The standard InChI is InChI=1S/C26H21Cl2N3O2S/c27-20-14-18(15-21(28)16-20)17-29-26(32)30-22-10-12-23(13-11-22)31-34(33)25-9-5-4-8-24(25)19-6-2-1-3-7-19/h1-16,31H,17H2,(H2,29,30,32). The Hall–Kier alpha value is -3.16. The largest absolute Gasteiger partial charge is 0.588 e. The van der Waals surface area contributed by atoms with Gasteiger partial charge in [0, 0.05) is 27.8 Å². The molecule has 0 spiro atoms. The average molecular weight is 510 g/mol. The molecule has 0 radical (unpaired) electrons. The van der Waals surface area contributed by atoms with Crippen LogP contribution in [-0.4, -0.2) is 10.6 Å². The zero-order chi connectivity index (χ0) is 23.9. The van der Waals surface area contributed by atoms with E-state index in [1.807, 2.05) is 54.6 Å². The summed E-state index contributed by atoms with van der Waals surface area (Å²) < 4.78 is 16.1. The molecule has 0 bridgehead atoms. The van der Waals surface area contributed by atoms with Gasteiger partial charge in [0.25, 0.3) is 0 Å². The van der Waals surface area contributed by atoms with Gasteiger partial charge < -0.3 is 15.2 Å². The second kappa shape index (κ2) is 11.3. The summed E-state index contributed by atoms with van der Waals surface area (Å²) >= 11 is 10.5. The first-order valence-corrected chi connectivity index (χ1v) is 12.3. The van der Waals surface area contributed by atoms with Crippen molar-refractivity contribution >= 4 is 52.0 Å². The fourth-order valence-electron chi connectivity index (χ4n) is 3.34. The molecule has 0 fully saturated rings. The van der Waals surface area contributed by atoms with E-state index in [1.165, 1.54) is 0 Å². The van der Waals surface area contributed by atoms with Gasteiger partial charge in [-0.2, -0.15) is 0 Å². The summed E-state index contributed by atoms with van der Waals surface area (Å²) in [6.45, 7) is 0.283. The SMILES string of the molecule is O=C(NCc1cc(Cl)cc(Cl)c1)Nc1ccc(N[S+]([O-])c2ccccc2-c2ccccc2)cc1. The number of carbonyl (C=O) groups is 1. The molecule has 0 aromatic heterocycles. The summed E-state index contributed by atoms with van der Waals surface area (Å²) in [4.78, 5) is 12.9. The van der Waals surface area contributed by atoms with E-state index in [1.54, 1.807) is 42.5 Å². The Morgan fingerprint density at radius 3 is 2.12 bits per heavy atom. The first-order valence-electron chi connectivity index (χ1n) is 10.4. The van der Waals surface area contributed by atoms with Crippen molar-refractivity contribution in [1.82, 2.24) is 5.32 Å². The minimum absolute atomic E-state index is 0.283. The zero-order valence-electron chi connectivity index (χ0n) is 17.9. The molecular weight excluding hydrogens is 489 g/mol.